The van der Waals surface area contributed by atoms with Gasteiger partial charge in [0.1, 0.15) is 25.1 Å². The molecule has 98 valence electrons. The molecule has 2 aromatic rings. The van der Waals surface area contributed by atoms with E-state index in [1.807, 2.05) is 12.9 Å². The summed E-state index contributed by atoms with van der Waals surface area (Å²) in [7, 11) is 0. The van der Waals surface area contributed by atoms with E-state index < -0.39 is 0 Å². The standard InChI is InChI=1S/C8H6O2.C6H6O.CH2O/c9-5-7-2-1-3-8(4-7)6-10;7-6-4-2-1-3-5-6;1-2/h1-6H;1-5,7H;1H2. The number of carbonyl (C=O) groups excluding carboxylic acids is 3. The third kappa shape index (κ3) is 7.23. The second-order valence-electron chi connectivity index (χ2n) is 3.24. The highest BCUT2D eigenvalue weighted by Crippen LogP contribution is 2.02. The van der Waals surface area contributed by atoms with Crippen LogP contribution in [0, 0.1) is 0 Å². The first-order chi connectivity index (χ1) is 9.26. The first kappa shape index (κ1) is 16.2. The van der Waals surface area contributed by atoms with E-state index in [9.17, 15) is 9.59 Å². The smallest absolute Gasteiger partial charge is 0.150 e. The lowest BCUT2D eigenvalue weighted by Crippen LogP contribution is -1.82. The minimum absolute atomic E-state index is 0.322. The van der Waals surface area contributed by atoms with Crippen molar-refractivity contribution in [2.75, 3.05) is 0 Å². The summed E-state index contributed by atoms with van der Waals surface area (Å²) in [6, 6.07) is 15.2. The number of benzene rings is 2. The summed E-state index contributed by atoms with van der Waals surface area (Å²) in [5.41, 5.74) is 1.06. The van der Waals surface area contributed by atoms with Crippen LogP contribution < -0.4 is 0 Å². The number of aldehydes is 2. The van der Waals surface area contributed by atoms with Crippen LogP contribution in [-0.2, 0) is 4.79 Å². The van der Waals surface area contributed by atoms with Crippen LogP contribution >= 0.6 is 0 Å². The summed E-state index contributed by atoms with van der Waals surface area (Å²) in [4.78, 5) is 28.3. The van der Waals surface area contributed by atoms with Gasteiger partial charge in [-0.3, -0.25) is 9.59 Å². The molecule has 4 heteroatoms. The number of phenols is 1. The predicted octanol–water partition coefficient (Wildman–Crippen LogP) is 2.52. The summed E-state index contributed by atoms with van der Waals surface area (Å²) in [6.45, 7) is 2.00. The van der Waals surface area contributed by atoms with E-state index in [0.717, 1.165) is 0 Å². The molecule has 0 amide bonds. The molecule has 0 heterocycles. The Morgan fingerprint density at radius 3 is 1.58 bits per heavy atom. The van der Waals surface area contributed by atoms with Gasteiger partial charge in [0.15, 0.2) is 0 Å². The third-order valence-electron chi connectivity index (χ3n) is 1.94. The Kier molecular flexibility index (Phi) is 8.90. The zero-order valence-corrected chi connectivity index (χ0v) is 10.2. The molecule has 0 aliphatic heterocycles. The van der Waals surface area contributed by atoms with Crippen LogP contribution in [0.15, 0.2) is 54.6 Å². The average molecular weight is 258 g/mol. The average Bonchev–Trinajstić information content (AvgIpc) is 2.50. The van der Waals surface area contributed by atoms with Crippen LogP contribution in [0.3, 0.4) is 0 Å². The highest BCUT2D eigenvalue weighted by atomic mass is 16.3. The van der Waals surface area contributed by atoms with Gasteiger partial charge in [-0.2, -0.15) is 0 Å². The Balaban J connectivity index is 0.000000316. The van der Waals surface area contributed by atoms with E-state index >= 15 is 0 Å². The van der Waals surface area contributed by atoms with Crippen molar-refractivity contribution in [2.24, 2.45) is 0 Å². The molecule has 0 radical (unpaired) electrons. The van der Waals surface area contributed by atoms with Gasteiger partial charge in [-0.1, -0.05) is 36.4 Å². The van der Waals surface area contributed by atoms with Crippen molar-refractivity contribution in [3.63, 3.8) is 0 Å². The van der Waals surface area contributed by atoms with E-state index in [1.165, 1.54) is 0 Å². The molecule has 0 saturated carbocycles. The van der Waals surface area contributed by atoms with Crippen molar-refractivity contribution in [1.82, 2.24) is 0 Å². The summed E-state index contributed by atoms with van der Waals surface area (Å²) in [5.74, 6) is 0.322. The van der Waals surface area contributed by atoms with Crippen molar-refractivity contribution in [2.45, 2.75) is 0 Å². The minimum atomic E-state index is 0.322. The highest BCUT2D eigenvalue weighted by Gasteiger charge is 1.90. The summed E-state index contributed by atoms with van der Waals surface area (Å²) < 4.78 is 0. The van der Waals surface area contributed by atoms with Crippen molar-refractivity contribution in [3.05, 3.63) is 65.7 Å². The number of hydrogen-bond acceptors (Lipinski definition) is 4. The molecule has 0 bridgehead atoms. The van der Waals surface area contributed by atoms with E-state index in [0.29, 0.717) is 29.4 Å². The number of aromatic hydroxyl groups is 1. The minimum Gasteiger partial charge on any atom is -0.508 e. The molecular formula is C15H14O4. The van der Waals surface area contributed by atoms with Crippen LogP contribution in [0.25, 0.3) is 0 Å². The van der Waals surface area contributed by atoms with Gasteiger partial charge in [-0.05, 0) is 18.2 Å². The fourth-order valence-electron chi connectivity index (χ4n) is 1.13. The van der Waals surface area contributed by atoms with Crippen LogP contribution in [-0.4, -0.2) is 24.5 Å². The zero-order valence-electron chi connectivity index (χ0n) is 10.2. The quantitative estimate of drug-likeness (QED) is 0.840. The lowest BCUT2D eigenvalue weighted by atomic mass is 10.2. The first-order valence-electron chi connectivity index (χ1n) is 5.29. The number of phenolic OH excluding ortho intramolecular Hbond substituents is 1. The van der Waals surface area contributed by atoms with Crippen molar-refractivity contribution in [1.29, 1.82) is 0 Å². The molecule has 2 rings (SSSR count). The molecule has 0 unspecified atom stereocenters. The van der Waals surface area contributed by atoms with Crippen LogP contribution in [0.2, 0.25) is 0 Å². The summed E-state index contributed by atoms with van der Waals surface area (Å²) in [6.07, 6.45) is 1.43. The molecule has 0 saturated heterocycles. The van der Waals surface area contributed by atoms with Crippen LogP contribution in [0.5, 0.6) is 5.75 Å². The Labute approximate surface area is 111 Å². The van der Waals surface area contributed by atoms with E-state index in [4.69, 9.17) is 9.90 Å². The number of para-hydroxylation sites is 1. The highest BCUT2D eigenvalue weighted by molar-refractivity contribution is 5.81. The molecule has 0 fully saturated rings. The SMILES string of the molecule is C=O.O=Cc1cccc(C=O)c1.Oc1ccccc1. The molecule has 0 aromatic heterocycles. The van der Waals surface area contributed by atoms with Gasteiger partial charge in [0.25, 0.3) is 0 Å². The van der Waals surface area contributed by atoms with Gasteiger partial charge in [0, 0.05) is 11.1 Å². The lowest BCUT2D eigenvalue weighted by Gasteiger charge is -1.89. The van der Waals surface area contributed by atoms with Gasteiger partial charge < -0.3 is 9.90 Å². The van der Waals surface area contributed by atoms with Crippen LogP contribution in [0.4, 0.5) is 0 Å². The van der Waals surface area contributed by atoms with Gasteiger partial charge in [0.05, 0.1) is 0 Å². The lowest BCUT2D eigenvalue weighted by molar-refractivity contribution is -0.0980. The molecule has 4 nitrogen and oxygen atoms in total. The van der Waals surface area contributed by atoms with Gasteiger partial charge in [0.2, 0.25) is 0 Å². The predicted molar refractivity (Wildman–Crippen MR) is 72.4 cm³/mol. The Morgan fingerprint density at radius 1 is 0.789 bits per heavy atom. The molecule has 19 heavy (non-hydrogen) atoms. The Hall–Kier alpha value is -2.75. The summed E-state index contributed by atoms with van der Waals surface area (Å²) >= 11 is 0. The second kappa shape index (κ2) is 10.4. The van der Waals surface area contributed by atoms with Crippen molar-refractivity contribution < 1.29 is 19.5 Å². The van der Waals surface area contributed by atoms with Gasteiger partial charge in [-0.25, -0.2) is 0 Å². The fourth-order valence-corrected chi connectivity index (χ4v) is 1.13. The Morgan fingerprint density at radius 2 is 1.26 bits per heavy atom. The number of hydrogen-bond donors (Lipinski definition) is 1. The number of rotatable bonds is 2. The maximum absolute atomic E-state index is 10.2. The zero-order chi connectivity index (χ0) is 14.5. The molecule has 0 atom stereocenters. The molecular weight excluding hydrogens is 244 g/mol. The molecule has 0 aliphatic carbocycles. The Bertz CT molecular complexity index is 471. The van der Waals surface area contributed by atoms with Crippen LogP contribution in [0.1, 0.15) is 20.7 Å². The van der Waals surface area contributed by atoms with E-state index in [-0.39, 0.29) is 0 Å². The first-order valence-corrected chi connectivity index (χ1v) is 5.29. The van der Waals surface area contributed by atoms with E-state index in [1.54, 1.807) is 48.5 Å². The fraction of sp³-hybridized carbons (Fsp3) is 0. The topological polar surface area (TPSA) is 71.4 Å². The molecule has 2 aromatic carbocycles. The van der Waals surface area contributed by atoms with Gasteiger partial charge >= 0.3 is 0 Å². The monoisotopic (exact) mass is 258 g/mol. The molecule has 1 N–H and O–H groups in total. The molecule has 0 spiro atoms. The second-order valence-corrected chi connectivity index (χ2v) is 3.24. The third-order valence-corrected chi connectivity index (χ3v) is 1.94. The van der Waals surface area contributed by atoms with E-state index in [2.05, 4.69) is 0 Å². The molecule has 0 aliphatic rings. The van der Waals surface area contributed by atoms with Crippen molar-refractivity contribution >= 4 is 19.4 Å². The normalized spacial score (nSPS) is 8.00. The maximum atomic E-state index is 10.2. The summed E-state index contributed by atoms with van der Waals surface area (Å²) in [5, 5.41) is 8.63. The largest absolute Gasteiger partial charge is 0.508 e. The van der Waals surface area contributed by atoms with Crippen molar-refractivity contribution in [3.8, 4) is 5.75 Å². The maximum Gasteiger partial charge on any atom is 0.150 e. The number of carbonyl (C=O) groups is 3. The van der Waals surface area contributed by atoms with Gasteiger partial charge in [-0.15, -0.1) is 0 Å².